The molecular formula is C30H34BrCl2N3O5S. The molecule has 2 amide bonds. The van der Waals surface area contributed by atoms with E-state index >= 15 is 0 Å². The third-order valence-corrected chi connectivity index (χ3v) is 9.64. The minimum atomic E-state index is -4.24. The van der Waals surface area contributed by atoms with Crippen LogP contribution in [-0.2, 0) is 26.2 Å². The Morgan fingerprint density at radius 1 is 1.05 bits per heavy atom. The van der Waals surface area contributed by atoms with Crippen LogP contribution in [0.3, 0.4) is 0 Å². The normalized spacial score (nSPS) is 12.0. The lowest BCUT2D eigenvalue weighted by molar-refractivity contribution is -0.139. The van der Waals surface area contributed by atoms with E-state index in [4.69, 9.17) is 27.9 Å². The molecule has 12 heteroatoms. The SMILES string of the molecule is CCCCNC(=O)[C@@H](C)N(Cc1ccc(Cl)cc1Cl)C(=O)CN(c1ccc(C)cc1)S(=O)(=O)c1ccc(OC)c(Br)c1. The summed E-state index contributed by atoms with van der Waals surface area (Å²) in [7, 11) is -2.76. The highest BCUT2D eigenvalue weighted by Crippen LogP contribution is 2.31. The minimum absolute atomic E-state index is 0.0347. The average molecular weight is 699 g/mol. The van der Waals surface area contributed by atoms with E-state index in [0.29, 0.717) is 38.1 Å². The molecule has 3 aromatic rings. The van der Waals surface area contributed by atoms with E-state index in [1.807, 2.05) is 13.8 Å². The summed E-state index contributed by atoms with van der Waals surface area (Å²) in [4.78, 5) is 28.4. The predicted molar refractivity (Wildman–Crippen MR) is 171 cm³/mol. The van der Waals surface area contributed by atoms with Crippen LogP contribution in [0.15, 0.2) is 70.0 Å². The standard InChI is InChI=1S/C30H34BrCl2N3O5S/c1-5-6-15-34-30(38)21(3)35(18-22-9-10-23(32)16-27(22)33)29(37)19-36(24-11-7-20(2)8-12-24)42(39,40)25-13-14-28(41-4)26(31)17-25/h7-14,16-17,21H,5-6,15,18-19H2,1-4H3,(H,34,38)/t21-/m1/s1. The largest absolute Gasteiger partial charge is 0.496 e. The molecule has 0 aliphatic carbocycles. The van der Waals surface area contributed by atoms with E-state index in [0.717, 1.165) is 22.7 Å². The van der Waals surface area contributed by atoms with Gasteiger partial charge >= 0.3 is 0 Å². The molecule has 0 aliphatic rings. The number of amides is 2. The molecule has 226 valence electrons. The maximum atomic E-state index is 14.0. The van der Waals surface area contributed by atoms with Crippen molar-refractivity contribution in [2.45, 2.75) is 51.1 Å². The predicted octanol–water partition coefficient (Wildman–Crippen LogP) is 6.60. The molecule has 0 bridgehead atoms. The molecule has 1 N–H and O–H groups in total. The van der Waals surface area contributed by atoms with Crippen LogP contribution < -0.4 is 14.4 Å². The molecule has 0 aliphatic heterocycles. The Morgan fingerprint density at radius 2 is 1.74 bits per heavy atom. The number of benzene rings is 3. The van der Waals surface area contributed by atoms with Crippen LogP contribution in [0.25, 0.3) is 0 Å². The van der Waals surface area contributed by atoms with Gasteiger partial charge < -0.3 is 15.0 Å². The second kappa shape index (κ2) is 15.1. The summed E-state index contributed by atoms with van der Waals surface area (Å²) in [5.74, 6) is -0.484. The number of sulfonamides is 1. The summed E-state index contributed by atoms with van der Waals surface area (Å²) < 4.78 is 34.8. The van der Waals surface area contributed by atoms with Crippen molar-refractivity contribution in [2.75, 3.05) is 24.5 Å². The highest BCUT2D eigenvalue weighted by Gasteiger charge is 2.33. The number of rotatable bonds is 13. The zero-order valence-electron chi connectivity index (χ0n) is 23.9. The Balaban J connectivity index is 2.04. The van der Waals surface area contributed by atoms with Gasteiger partial charge in [0.25, 0.3) is 10.0 Å². The average Bonchev–Trinajstić information content (AvgIpc) is 2.95. The quantitative estimate of drug-likeness (QED) is 0.203. The number of carbonyl (C=O) groups excluding carboxylic acids is 2. The van der Waals surface area contributed by atoms with Crippen molar-refractivity contribution in [1.82, 2.24) is 10.2 Å². The van der Waals surface area contributed by atoms with E-state index < -0.39 is 28.5 Å². The first-order chi connectivity index (χ1) is 19.9. The van der Waals surface area contributed by atoms with Crippen LogP contribution >= 0.6 is 39.1 Å². The van der Waals surface area contributed by atoms with Crippen LogP contribution in [0.2, 0.25) is 10.0 Å². The number of hydrogen-bond donors (Lipinski definition) is 1. The lowest BCUT2D eigenvalue weighted by Gasteiger charge is -2.32. The van der Waals surface area contributed by atoms with E-state index in [1.54, 1.807) is 49.4 Å². The van der Waals surface area contributed by atoms with Gasteiger partial charge in [0.05, 0.1) is 22.2 Å². The van der Waals surface area contributed by atoms with Gasteiger partial charge in [0.15, 0.2) is 0 Å². The molecule has 0 radical (unpaired) electrons. The molecule has 42 heavy (non-hydrogen) atoms. The number of nitrogens with one attached hydrogen (secondary N) is 1. The number of aryl methyl sites for hydroxylation is 1. The van der Waals surface area contributed by atoms with Crippen molar-refractivity contribution < 1.29 is 22.7 Å². The highest BCUT2D eigenvalue weighted by atomic mass is 79.9. The van der Waals surface area contributed by atoms with Gasteiger partial charge in [-0.25, -0.2) is 8.42 Å². The van der Waals surface area contributed by atoms with E-state index in [1.165, 1.54) is 30.2 Å². The van der Waals surface area contributed by atoms with Crippen molar-refractivity contribution in [3.8, 4) is 5.75 Å². The summed E-state index contributed by atoms with van der Waals surface area (Å²) in [6, 6.07) is 15.1. The smallest absolute Gasteiger partial charge is 0.264 e. The zero-order valence-corrected chi connectivity index (χ0v) is 27.8. The maximum absolute atomic E-state index is 14.0. The Hall–Kier alpha value is -2.79. The minimum Gasteiger partial charge on any atom is -0.496 e. The van der Waals surface area contributed by atoms with Gasteiger partial charge in [-0.2, -0.15) is 0 Å². The van der Waals surface area contributed by atoms with Crippen LogP contribution in [0.5, 0.6) is 5.75 Å². The summed E-state index contributed by atoms with van der Waals surface area (Å²) in [5.41, 5.74) is 1.78. The number of unbranched alkanes of at least 4 members (excludes halogenated alkanes) is 1. The molecule has 0 saturated heterocycles. The lowest BCUT2D eigenvalue weighted by atomic mass is 10.1. The molecule has 8 nitrogen and oxygen atoms in total. The molecule has 0 fully saturated rings. The molecule has 1 atom stereocenters. The fourth-order valence-electron chi connectivity index (χ4n) is 4.13. The first-order valence-electron chi connectivity index (χ1n) is 13.3. The molecule has 3 aromatic carbocycles. The molecule has 0 heterocycles. The third kappa shape index (κ3) is 8.40. The number of carbonyl (C=O) groups is 2. The first-order valence-corrected chi connectivity index (χ1v) is 16.3. The number of nitrogens with zero attached hydrogens (tertiary/aromatic N) is 2. The van der Waals surface area contributed by atoms with Crippen LogP contribution in [0.4, 0.5) is 5.69 Å². The highest BCUT2D eigenvalue weighted by molar-refractivity contribution is 9.10. The van der Waals surface area contributed by atoms with Gasteiger partial charge in [-0.05, 0) is 84.2 Å². The molecule has 0 saturated carbocycles. The maximum Gasteiger partial charge on any atom is 0.264 e. The summed E-state index contributed by atoms with van der Waals surface area (Å²) in [6.07, 6.45) is 1.68. The van der Waals surface area contributed by atoms with Gasteiger partial charge in [0, 0.05) is 23.1 Å². The molecular weight excluding hydrogens is 665 g/mol. The Kier molecular flexibility index (Phi) is 12.1. The van der Waals surface area contributed by atoms with Gasteiger partial charge in [-0.15, -0.1) is 0 Å². The Labute approximate surface area is 266 Å². The Morgan fingerprint density at radius 3 is 2.33 bits per heavy atom. The van der Waals surface area contributed by atoms with Crippen LogP contribution in [0.1, 0.15) is 37.8 Å². The van der Waals surface area contributed by atoms with Gasteiger partial charge in [0.1, 0.15) is 18.3 Å². The third-order valence-electron chi connectivity index (χ3n) is 6.66. The van der Waals surface area contributed by atoms with Crippen molar-refractivity contribution in [1.29, 1.82) is 0 Å². The Bertz CT molecular complexity index is 1520. The molecule has 0 unspecified atom stereocenters. The first kappa shape index (κ1) is 33.7. The van der Waals surface area contributed by atoms with E-state index in [9.17, 15) is 18.0 Å². The lowest BCUT2D eigenvalue weighted by Crippen LogP contribution is -2.51. The topological polar surface area (TPSA) is 96.0 Å². The molecule has 0 spiro atoms. The van der Waals surface area contributed by atoms with Gasteiger partial charge in [-0.1, -0.05) is 60.3 Å². The molecule has 3 rings (SSSR count). The van der Waals surface area contributed by atoms with Crippen molar-refractivity contribution in [3.05, 3.63) is 86.3 Å². The van der Waals surface area contributed by atoms with E-state index in [-0.39, 0.29) is 17.3 Å². The number of halogens is 3. The molecule has 0 aromatic heterocycles. The summed E-state index contributed by atoms with van der Waals surface area (Å²) in [6.45, 7) is 5.36. The monoisotopic (exact) mass is 697 g/mol. The summed E-state index contributed by atoms with van der Waals surface area (Å²) >= 11 is 15.9. The van der Waals surface area contributed by atoms with Crippen molar-refractivity contribution in [2.24, 2.45) is 0 Å². The number of ether oxygens (including phenoxy) is 1. The van der Waals surface area contributed by atoms with E-state index in [2.05, 4.69) is 21.2 Å². The van der Waals surface area contributed by atoms with Crippen molar-refractivity contribution >= 4 is 66.7 Å². The second-order valence-electron chi connectivity index (χ2n) is 9.72. The fraction of sp³-hybridized carbons (Fsp3) is 0.333. The second-order valence-corrected chi connectivity index (χ2v) is 13.3. The van der Waals surface area contributed by atoms with Crippen LogP contribution in [-0.4, -0.2) is 51.4 Å². The number of hydrogen-bond acceptors (Lipinski definition) is 5. The van der Waals surface area contributed by atoms with Gasteiger partial charge in [-0.3, -0.25) is 13.9 Å². The van der Waals surface area contributed by atoms with Crippen LogP contribution in [0, 0.1) is 6.92 Å². The van der Waals surface area contributed by atoms with Gasteiger partial charge in [0.2, 0.25) is 11.8 Å². The number of methoxy groups -OCH3 is 1. The zero-order chi connectivity index (χ0) is 31.0. The summed E-state index contributed by atoms with van der Waals surface area (Å²) in [5, 5.41) is 3.61. The van der Waals surface area contributed by atoms with Crippen molar-refractivity contribution in [3.63, 3.8) is 0 Å². The number of anilines is 1. The fourth-order valence-corrected chi connectivity index (χ4v) is 6.73.